The van der Waals surface area contributed by atoms with Gasteiger partial charge in [0.15, 0.2) is 0 Å². The lowest BCUT2D eigenvalue weighted by Gasteiger charge is -2.12. The molecule has 2 aromatic rings. The largest absolute Gasteiger partial charge is 0.384 e. The average molecular weight is 374 g/mol. The molecule has 0 saturated heterocycles. The molecule has 9 nitrogen and oxygen atoms in total. The number of rotatable bonds is 4. The molecule has 0 unspecified atom stereocenters. The van der Waals surface area contributed by atoms with Crippen LogP contribution in [0.2, 0.25) is 0 Å². The maximum atomic E-state index is 12.3. The van der Waals surface area contributed by atoms with Crippen LogP contribution in [0.4, 0.5) is 5.82 Å². The Kier molecular flexibility index (Phi) is 3.49. The molecule has 134 valence electrons. The van der Waals surface area contributed by atoms with E-state index in [0.717, 1.165) is 23.5 Å². The summed E-state index contributed by atoms with van der Waals surface area (Å²) in [4.78, 5) is 36.0. The smallest absolute Gasteiger partial charge is 0.262 e. The van der Waals surface area contributed by atoms with E-state index in [1.165, 1.54) is 24.3 Å². The van der Waals surface area contributed by atoms with Crippen LogP contribution in [0.1, 0.15) is 33.6 Å². The normalized spacial score (nSPS) is 16.5. The van der Waals surface area contributed by atoms with E-state index >= 15 is 0 Å². The van der Waals surface area contributed by atoms with E-state index in [0.29, 0.717) is 0 Å². The van der Waals surface area contributed by atoms with Gasteiger partial charge in [-0.15, -0.1) is 0 Å². The molecule has 0 bridgehead atoms. The van der Waals surface area contributed by atoms with Crippen LogP contribution < -0.4 is 21.3 Å². The molecule has 2 heterocycles. The number of pyridine rings is 1. The summed E-state index contributed by atoms with van der Waals surface area (Å²) < 4.78 is 28.0. The van der Waals surface area contributed by atoms with Crippen LogP contribution in [0.5, 0.6) is 0 Å². The molecule has 4 rings (SSSR count). The summed E-state index contributed by atoms with van der Waals surface area (Å²) in [6, 6.07) is 6.55. The number of sulfonamides is 1. The first-order valence-electron chi connectivity index (χ1n) is 7.82. The lowest BCUT2D eigenvalue weighted by molar-refractivity contribution is 0.0880. The molecule has 1 aromatic heterocycles. The maximum Gasteiger partial charge on any atom is 0.262 e. The van der Waals surface area contributed by atoms with Gasteiger partial charge in [-0.25, -0.2) is 13.1 Å². The van der Waals surface area contributed by atoms with E-state index in [1.807, 2.05) is 0 Å². The Hall–Kier alpha value is -2.98. The van der Waals surface area contributed by atoms with Gasteiger partial charge in [-0.3, -0.25) is 24.3 Å². The molecule has 1 fully saturated rings. The van der Waals surface area contributed by atoms with Gasteiger partial charge < -0.3 is 5.73 Å². The molecule has 1 aliphatic carbocycles. The van der Waals surface area contributed by atoms with Gasteiger partial charge in [-0.2, -0.15) is 0 Å². The average Bonchev–Trinajstić information content (AvgIpc) is 3.32. The van der Waals surface area contributed by atoms with Crippen LogP contribution in [0.15, 0.2) is 40.0 Å². The van der Waals surface area contributed by atoms with Gasteiger partial charge in [0.1, 0.15) is 5.82 Å². The minimum absolute atomic E-state index is 0.0225. The molecule has 10 heteroatoms. The lowest BCUT2D eigenvalue weighted by Crippen LogP contribution is -2.26. The van der Waals surface area contributed by atoms with Crippen LogP contribution in [0.3, 0.4) is 0 Å². The Bertz CT molecular complexity index is 1110. The Labute approximate surface area is 147 Å². The number of anilines is 1. The second-order valence-corrected chi connectivity index (χ2v) is 7.88. The predicted octanol–water partition coefficient (Wildman–Crippen LogP) is -0.256. The van der Waals surface area contributed by atoms with Crippen molar-refractivity contribution >= 4 is 27.7 Å². The van der Waals surface area contributed by atoms with Crippen molar-refractivity contribution in [2.45, 2.75) is 23.8 Å². The summed E-state index contributed by atoms with van der Waals surface area (Å²) in [7, 11) is -3.62. The molecule has 1 saturated carbocycles. The number of amides is 2. The Balaban J connectivity index is 1.77. The van der Waals surface area contributed by atoms with E-state index in [2.05, 4.69) is 10.0 Å². The number of aromatic nitrogens is 1. The molecule has 0 radical (unpaired) electrons. The molecule has 0 spiro atoms. The number of nitrogen functional groups attached to an aromatic ring is 1. The van der Waals surface area contributed by atoms with E-state index in [9.17, 15) is 22.8 Å². The van der Waals surface area contributed by atoms with E-state index in [1.54, 1.807) is 0 Å². The Morgan fingerprint density at radius 1 is 1.08 bits per heavy atom. The van der Waals surface area contributed by atoms with Gasteiger partial charge in [0.2, 0.25) is 10.0 Å². The SMILES string of the molecule is Nc1c2c(cc(=O)n1-c1ccc(S(=O)(=O)NC3CC3)cc1)C(=O)NC2=O. The number of carbonyl (C=O) groups excluding carboxylic acids is 2. The third kappa shape index (κ3) is 2.59. The van der Waals surface area contributed by atoms with Crippen LogP contribution >= 0.6 is 0 Å². The van der Waals surface area contributed by atoms with Crippen molar-refractivity contribution in [1.29, 1.82) is 0 Å². The quantitative estimate of drug-likeness (QED) is 0.630. The third-order valence-corrected chi connectivity index (χ3v) is 5.79. The molecule has 26 heavy (non-hydrogen) atoms. The van der Waals surface area contributed by atoms with Gasteiger partial charge in [0, 0.05) is 12.1 Å². The second kappa shape index (κ2) is 5.51. The zero-order valence-electron chi connectivity index (χ0n) is 13.4. The number of benzene rings is 1. The molecular formula is C16H14N4O5S. The van der Waals surface area contributed by atoms with Crippen molar-refractivity contribution < 1.29 is 18.0 Å². The highest BCUT2D eigenvalue weighted by Crippen LogP contribution is 2.25. The van der Waals surface area contributed by atoms with Crippen LogP contribution in [0, 0.1) is 0 Å². The number of fused-ring (bicyclic) bond motifs is 1. The van der Waals surface area contributed by atoms with Gasteiger partial charge in [-0.1, -0.05) is 0 Å². The molecule has 2 amide bonds. The number of nitrogens with two attached hydrogens (primary N) is 1. The van der Waals surface area contributed by atoms with Crippen molar-refractivity contribution in [2.24, 2.45) is 0 Å². The summed E-state index contributed by atoms with van der Waals surface area (Å²) in [6.45, 7) is 0. The van der Waals surface area contributed by atoms with E-state index in [-0.39, 0.29) is 33.6 Å². The zero-order valence-corrected chi connectivity index (χ0v) is 14.2. The monoisotopic (exact) mass is 374 g/mol. The zero-order chi connectivity index (χ0) is 18.6. The number of imide groups is 1. The molecule has 1 aromatic carbocycles. The molecule has 2 aliphatic rings. The summed E-state index contributed by atoms with van der Waals surface area (Å²) in [6.07, 6.45) is 1.64. The first-order valence-corrected chi connectivity index (χ1v) is 9.30. The topological polar surface area (TPSA) is 140 Å². The number of hydrogen-bond donors (Lipinski definition) is 3. The fourth-order valence-electron chi connectivity index (χ4n) is 2.81. The van der Waals surface area contributed by atoms with E-state index < -0.39 is 27.4 Å². The van der Waals surface area contributed by atoms with Gasteiger partial charge in [-0.05, 0) is 37.1 Å². The van der Waals surface area contributed by atoms with Crippen LogP contribution in [-0.2, 0) is 10.0 Å². The van der Waals surface area contributed by atoms with E-state index in [4.69, 9.17) is 5.73 Å². The van der Waals surface area contributed by atoms with Gasteiger partial charge >= 0.3 is 0 Å². The molecule has 4 N–H and O–H groups in total. The summed E-state index contributed by atoms with van der Waals surface area (Å²) >= 11 is 0. The number of carbonyl (C=O) groups is 2. The van der Waals surface area contributed by atoms with Crippen molar-refractivity contribution in [1.82, 2.24) is 14.6 Å². The van der Waals surface area contributed by atoms with Crippen molar-refractivity contribution in [3.63, 3.8) is 0 Å². The van der Waals surface area contributed by atoms with Crippen LogP contribution in [0.25, 0.3) is 5.69 Å². The molecule has 1 aliphatic heterocycles. The predicted molar refractivity (Wildman–Crippen MR) is 91.6 cm³/mol. The van der Waals surface area contributed by atoms with Gasteiger partial charge in [0.25, 0.3) is 17.4 Å². The minimum Gasteiger partial charge on any atom is -0.384 e. The maximum absolute atomic E-state index is 12.3. The Morgan fingerprint density at radius 3 is 2.35 bits per heavy atom. The first kappa shape index (κ1) is 16.5. The lowest BCUT2D eigenvalue weighted by atomic mass is 10.1. The van der Waals surface area contributed by atoms with Crippen LogP contribution in [-0.4, -0.2) is 30.8 Å². The highest BCUT2D eigenvalue weighted by Gasteiger charge is 2.32. The standard InChI is InChI=1S/C16H14N4O5S/c17-14-13-11(15(22)18-16(13)23)7-12(21)20(14)9-3-5-10(6-4-9)26(24,25)19-8-1-2-8/h3-8,19H,1-2,17H2,(H,18,22,23). The molecular weight excluding hydrogens is 360 g/mol. The number of nitrogens with zero attached hydrogens (tertiary/aromatic N) is 1. The third-order valence-electron chi connectivity index (χ3n) is 4.26. The highest BCUT2D eigenvalue weighted by molar-refractivity contribution is 7.89. The Morgan fingerprint density at radius 2 is 1.73 bits per heavy atom. The fourth-order valence-corrected chi connectivity index (χ4v) is 4.11. The molecule has 0 atom stereocenters. The fraction of sp³-hybridized carbons (Fsp3) is 0.188. The minimum atomic E-state index is -3.62. The second-order valence-electron chi connectivity index (χ2n) is 6.16. The summed E-state index contributed by atoms with van der Waals surface area (Å²) in [5.41, 5.74) is 5.49. The first-order chi connectivity index (χ1) is 12.3. The number of nitrogens with one attached hydrogen (secondary N) is 2. The van der Waals surface area contributed by atoms with Gasteiger partial charge in [0.05, 0.1) is 21.7 Å². The summed E-state index contributed by atoms with van der Waals surface area (Å²) in [5, 5.41) is 2.08. The van der Waals surface area contributed by atoms with Crippen molar-refractivity contribution in [3.05, 3.63) is 51.8 Å². The number of hydrogen-bond acceptors (Lipinski definition) is 6. The summed E-state index contributed by atoms with van der Waals surface area (Å²) in [5.74, 6) is -1.53. The van der Waals surface area contributed by atoms with Crippen molar-refractivity contribution in [2.75, 3.05) is 5.73 Å². The highest BCUT2D eigenvalue weighted by atomic mass is 32.2. The van der Waals surface area contributed by atoms with Crippen molar-refractivity contribution in [3.8, 4) is 5.69 Å².